The molecule has 96 valence electrons. The molecule has 1 aliphatic rings. The SMILES string of the molecule is CC(=O)c1cc(C)cc2c1N(S(=O)(=O)O)C(=O)C2. The topological polar surface area (TPSA) is 91.8 Å². The molecule has 6 nitrogen and oxygen atoms in total. The minimum Gasteiger partial charge on any atom is -0.294 e. The first kappa shape index (κ1) is 12.7. The van der Waals surface area contributed by atoms with Crippen molar-refractivity contribution in [2.45, 2.75) is 20.3 Å². The second kappa shape index (κ2) is 3.89. The van der Waals surface area contributed by atoms with Crippen LogP contribution < -0.4 is 4.31 Å². The van der Waals surface area contributed by atoms with Gasteiger partial charge >= 0.3 is 10.3 Å². The van der Waals surface area contributed by atoms with Crippen LogP contribution in [0.25, 0.3) is 0 Å². The van der Waals surface area contributed by atoms with Crippen LogP contribution in [0.3, 0.4) is 0 Å². The molecule has 7 heteroatoms. The number of fused-ring (bicyclic) bond motifs is 1. The van der Waals surface area contributed by atoms with Gasteiger partial charge in [0.05, 0.1) is 12.1 Å². The van der Waals surface area contributed by atoms with Crippen LogP contribution in [0.4, 0.5) is 5.69 Å². The van der Waals surface area contributed by atoms with Crippen LogP contribution in [0.15, 0.2) is 12.1 Å². The zero-order valence-corrected chi connectivity index (χ0v) is 10.6. The molecule has 0 aromatic heterocycles. The lowest BCUT2D eigenvalue weighted by atomic mass is 10.0. The van der Waals surface area contributed by atoms with Crippen molar-refractivity contribution in [2.75, 3.05) is 4.31 Å². The summed E-state index contributed by atoms with van der Waals surface area (Å²) in [5, 5.41) is 0. The Labute approximate surface area is 104 Å². The van der Waals surface area contributed by atoms with Crippen molar-refractivity contribution in [3.05, 3.63) is 28.8 Å². The average molecular weight is 269 g/mol. The number of rotatable bonds is 2. The number of anilines is 1. The van der Waals surface area contributed by atoms with E-state index in [2.05, 4.69) is 0 Å². The van der Waals surface area contributed by atoms with Crippen LogP contribution >= 0.6 is 0 Å². The second-order valence-electron chi connectivity index (χ2n) is 4.19. The third-order valence-corrected chi connectivity index (χ3v) is 3.56. The van der Waals surface area contributed by atoms with Gasteiger partial charge in [0.1, 0.15) is 0 Å². The summed E-state index contributed by atoms with van der Waals surface area (Å²) in [5.74, 6) is -1.13. The lowest BCUT2D eigenvalue weighted by Crippen LogP contribution is -2.33. The molecular weight excluding hydrogens is 258 g/mol. The van der Waals surface area contributed by atoms with Crippen LogP contribution in [-0.2, 0) is 21.5 Å². The van der Waals surface area contributed by atoms with Crippen molar-refractivity contribution in [3.63, 3.8) is 0 Å². The molecule has 18 heavy (non-hydrogen) atoms. The minimum atomic E-state index is -4.70. The number of hydrogen-bond acceptors (Lipinski definition) is 4. The molecule has 1 amide bonds. The second-order valence-corrected chi connectivity index (χ2v) is 5.45. The highest BCUT2D eigenvalue weighted by molar-refractivity contribution is 7.88. The first-order valence-electron chi connectivity index (χ1n) is 5.17. The van der Waals surface area contributed by atoms with Gasteiger partial charge in [0.25, 0.3) is 0 Å². The zero-order valence-electron chi connectivity index (χ0n) is 9.80. The van der Waals surface area contributed by atoms with E-state index in [0.717, 1.165) is 5.56 Å². The molecule has 1 aliphatic heterocycles. The lowest BCUT2D eigenvalue weighted by Gasteiger charge is -2.16. The number of benzene rings is 1. The van der Waals surface area contributed by atoms with E-state index in [0.29, 0.717) is 9.87 Å². The number of amides is 1. The van der Waals surface area contributed by atoms with Gasteiger partial charge in [-0.1, -0.05) is 6.07 Å². The van der Waals surface area contributed by atoms with E-state index in [9.17, 15) is 18.0 Å². The predicted molar refractivity (Wildman–Crippen MR) is 63.9 cm³/mol. The van der Waals surface area contributed by atoms with Crippen molar-refractivity contribution in [2.24, 2.45) is 0 Å². The number of ketones is 1. The summed E-state index contributed by atoms with van der Waals surface area (Å²) in [5.41, 5.74) is 1.28. The fourth-order valence-electron chi connectivity index (χ4n) is 2.10. The molecule has 1 heterocycles. The van der Waals surface area contributed by atoms with Crippen molar-refractivity contribution in [3.8, 4) is 0 Å². The fraction of sp³-hybridized carbons (Fsp3) is 0.273. The Bertz CT molecular complexity index is 662. The normalized spacial score (nSPS) is 14.8. The van der Waals surface area contributed by atoms with Gasteiger partial charge in [0.15, 0.2) is 5.78 Å². The molecule has 0 saturated carbocycles. The van der Waals surface area contributed by atoms with Crippen LogP contribution in [0.1, 0.15) is 28.4 Å². The smallest absolute Gasteiger partial charge is 0.294 e. The van der Waals surface area contributed by atoms with Crippen molar-refractivity contribution in [1.29, 1.82) is 0 Å². The monoisotopic (exact) mass is 269 g/mol. The molecule has 0 bridgehead atoms. The summed E-state index contributed by atoms with van der Waals surface area (Å²) in [6.45, 7) is 3.02. The Morgan fingerprint density at radius 2 is 2.00 bits per heavy atom. The zero-order chi connectivity index (χ0) is 13.7. The molecule has 0 radical (unpaired) electrons. The number of nitrogens with zero attached hydrogens (tertiary/aromatic N) is 1. The molecule has 0 unspecified atom stereocenters. The van der Waals surface area contributed by atoms with Gasteiger partial charge in [-0.25, -0.2) is 0 Å². The molecule has 1 aromatic rings. The van der Waals surface area contributed by atoms with Crippen molar-refractivity contribution in [1.82, 2.24) is 0 Å². The molecule has 1 aromatic carbocycles. The van der Waals surface area contributed by atoms with E-state index in [1.54, 1.807) is 13.0 Å². The summed E-state index contributed by atoms with van der Waals surface area (Å²) in [4.78, 5) is 23.2. The summed E-state index contributed by atoms with van der Waals surface area (Å²) >= 11 is 0. The van der Waals surface area contributed by atoms with Crippen LogP contribution in [0, 0.1) is 6.92 Å². The number of carbonyl (C=O) groups excluding carboxylic acids is 2. The average Bonchev–Trinajstić information content (AvgIpc) is 2.51. The Morgan fingerprint density at radius 1 is 1.39 bits per heavy atom. The van der Waals surface area contributed by atoms with E-state index < -0.39 is 16.2 Å². The molecule has 0 fully saturated rings. The molecule has 2 rings (SSSR count). The quantitative estimate of drug-likeness (QED) is 0.636. The van der Waals surface area contributed by atoms with Gasteiger partial charge in [-0.3, -0.25) is 14.1 Å². The van der Waals surface area contributed by atoms with E-state index in [1.807, 2.05) is 0 Å². The molecule has 1 N–H and O–H groups in total. The third kappa shape index (κ3) is 1.91. The molecule has 0 atom stereocenters. The minimum absolute atomic E-state index is 0.0272. The Kier molecular flexibility index (Phi) is 2.75. The van der Waals surface area contributed by atoms with Crippen molar-refractivity contribution < 1.29 is 22.6 Å². The largest absolute Gasteiger partial charge is 0.366 e. The van der Waals surface area contributed by atoms with Gasteiger partial charge in [0.2, 0.25) is 5.91 Å². The van der Waals surface area contributed by atoms with Crippen LogP contribution in [0.5, 0.6) is 0 Å². The van der Waals surface area contributed by atoms with E-state index in [1.165, 1.54) is 13.0 Å². The Balaban J connectivity index is 2.79. The number of Topliss-reactive ketones (excluding diaryl/α,β-unsaturated/α-hetero) is 1. The fourth-order valence-corrected chi connectivity index (χ4v) is 2.87. The molecular formula is C11H11NO5S. The van der Waals surface area contributed by atoms with Gasteiger partial charge in [-0.2, -0.15) is 12.7 Å². The van der Waals surface area contributed by atoms with Gasteiger partial charge in [-0.05, 0) is 31.0 Å². The lowest BCUT2D eigenvalue weighted by molar-refractivity contribution is -0.116. The Hall–Kier alpha value is -1.73. The van der Waals surface area contributed by atoms with Gasteiger partial charge < -0.3 is 0 Å². The first-order valence-corrected chi connectivity index (χ1v) is 6.56. The summed E-state index contributed by atoms with van der Waals surface area (Å²) in [7, 11) is -4.70. The highest BCUT2D eigenvalue weighted by Gasteiger charge is 2.38. The highest BCUT2D eigenvalue weighted by Crippen LogP contribution is 2.35. The van der Waals surface area contributed by atoms with E-state index >= 15 is 0 Å². The molecule has 0 spiro atoms. The standard InChI is InChI=1S/C11H11NO5S/c1-6-3-8-5-10(14)12(18(15,16)17)11(8)9(4-6)7(2)13/h3-4H,5H2,1-2H3,(H,15,16,17). The van der Waals surface area contributed by atoms with E-state index in [-0.39, 0.29) is 23.5 Å². The number of aryl methyl sites for hydroxylation is 1. The van der Waals surface area contributed by atoms with Crippen LogP contribution in [0.2, 0.25) is 0 Å². The molecule has 0 saturated heterocycles. The van der Waals surface area contributed by atoms with Gasteiger partial charge in [0, 0.05) is 5.56 Å². The van der Waals surface area contributed by atoms with Gasteiger partial charge in [-0.15, -0.1) is 0 Å². The van der Waals surface area contributed by atoms with Crippen LogP contribution in [-0.4, -0.2) is 24.7 Å². The van der Waals surface area contributed by atoms with E-state index in [4.69, 9.17) is 4.55 Å². The molecule has 0 aliphatic carbocycles. The summed E-state index contributed by atoms with van der Waals surface area (Å²) < 4.78 is 31.8. The number of hydrogen-bond donors (Lipinski definition) is 1. The maximum Gasteiger partial charge on any atom is 0.366 e. The first-order chi connectivity index (χ1) is 8.21. The maximum absolute atomic E-state index is 11.6. The Morgan fingerprint density at radius 3 is 2.50 bits per heavy atom. The highest BCUT2D eigenvalue weighted by atomic mass is 32.2. The van der Waals surface area contributed by atoms with Crippen molar-refractivity contribution >= 4 is 27.7 Å². The summed E-state index contributed by atoms with van der Waals surface area (Å²) in [6, 6.07) is 3.13. The predicted octanol–water partition coefficient (Wildman–Crippen LogP) is 0.890. The summed E-state index contributed by atoms with van der Waals surface area (Å²) in [6.07, 6.45) is -0.142. The maximum atomic E-state index is 11.6. The number of carbonyl (C=O) groups is 2. The third-order valence-electron chi connectivity index (χ3n) is 2.71.